The van der Waals surface area contributed by atoms with E-state index >= 15 is 0 Å². The molecule has 0 radical (unpaired) electrons. The number of rotatable bonds is 7. The molecule has 94 valence electrons. The molecule has 0 spiro atoms. The molecule has 0 fully saturated rings. The van der Waals surface area contributed by atoms with Gasteiger partial charge in [0, 0.05) is 19.6 Å². The van der Waals surface area contributed by atoms with E-state index in [2.05, 4.69) is 5.32 Å². The largest absolute Gasteiger partial charge is 0.480 e. The number of ether oxygens (including phenoxy) is 1. The van der Waals surface area contributed by atoms with Crippen LogP contribution in [0.5, 0.6) is 0 Å². The molecule has 0 bridgehead atoms. The first-order valence-corrected chi connectivity index (χ1v) is 5.29. The van der Waals surface area contributed by atoms with E-state index in [0.29, 0.717) is 6.54 Å². The maximum atomic E-state index is 11.5. The summed E-state index contributed by atoms with van der Waals surface area (Å²) >= 11 is 0. The lowest BCUT2D eigenvalue weighted by Gasteiger charge is -2.23. The molecular weight excluding hydrogens is 212 g/mol. The zero-order valence-electron chi connectivity index (χ0n) is 10.0. The summed E-state index contributed by atoms with van der Waals surface area (Å²) in [5.74, 6) is -1.01. The second-order valence-electron chi connectivity index (χ2n) is 3.55. The summed E-state index contributed by atoms with van der Waals surface area (Å²) in [5, 5.41) is 10.9. The third kappa shape index (κ3) is 6.23. The van der Waals surface area contributed by atoms with E-state index in [0.717, 1.165) is 6.42 Å². The lowest BCUT2D eigenvalue weighted by atomic mass is 10.2. The summed E-state index contributed by atoms with van der Waals surface area (Å²) in [6, 6.07) is 0.00760. The number of aliphatic carboxylic acids is 1. The van der Waals surface area contributed by atoms with E-state index in [1.807, 2.05) is 13.8 Å². The Morgan fingerprint density at radius 1 is 1.50 bits per heavy atom. The topological polar surface area (TPSA) is 78.9 Å². The molecule has 0 saturated carbocycles. The first kappa shape index (κ1) is 14.7. The van der Waals surface area contributed by atoms with Gasteiger partial charge in [-0.3, -0.25) is 0 Å². The Bertz CT molecular complexity index is 233. The summed E-state index contributed by atoms with van der Waals surface area (Å²) < 4.78 is 4.78. The number of carbonyl (C=O) groups is 2. The number of nitrogens with zero attached hydrogens (tertiary/aromatic N) is 1. The van der Waals surface area contributed by atoms with Crippen molar-refractivity contribution in [1.82, 2.24) is 10.2 Å². The molecule has 0 heterocycles. The van der Waals surface area contributed by atoms with Crippen molar-refractivity contribution in [3.8, 4) is 0 Å². The fourth-order valence-corrected chi connectivity index (χ4v) is 0.988. The number of amides is 2. The van der Waals surface area contributed by atoms with Crippen LogP contribution >= 0.6 is 0 Å². The van der Waals surface area contributed by atoms with Gasteiger partial charge in [-0.25, -0.2) is 9.59 Å². The standard InChI is InChI=1S/C10H20N2O4/c1-4-8(2)12(3)10(15)11-5-6-16-7-9(13)14/h8H,4-7H2,1-3H3,(H,11,15)(H,13,14). The van der Waals surface area contributed by atoms with Gasteiger partial charge in [0.1, 0.15) is 6.61 Å². The molecule has 1 atom stereocenters. The van der Waals surface area contributed by atoms with Gasteiger partial charge in [-0.1, -0.05) is 6.92 Å². The minimum Gasteiger partial charge on any atom is -0.480 e. The number of carboxylic acids is 1. The molecule has 6 nitrogen and oxygen atoms in total. The smallest absolute Gasteiger partial charge is 0.329 e. The second-order valence-corrected chi connectivity index (χ2v) is 3.55. The molecule has 2 amide bonds. The van der Waals surface area contributed by atoms with E-state index in [4.69, 9.17) is 9.84 Å². The summed E-state index contributed by atoms with van der Waals surface area (Å²) in [6.45, 7) is 4.14. The fraction of sp³-hybridized carbons (Fsp3) is 0.800. The Kier molecular flexibility index (Phi) is 7.28. The highest BCUT2D eigenvalue weighted by Crippen LogP contribution is 1.99. The number of urea groups is 1. The van der Waals surface area contributed by atoms with Gasteiger partial charge >= 0.3 is 12.0 Å². The highest BCUT2D eigenvalue weighted by molar-refractivity contribution is 5.74. The molecule has 6 heteroatoms. The maximum absolute atomic E-state index is 11.5. The number of carboxylic acid groups (broad SMARTS) is 1. The van der Waals surface area contributed by atoms with Gasteiger partial charge in [-0.2, -0.15) is 0 Å². The monoisotopic (exact) mass is 232 g/mol. The van der Waals surface area contributed by atoms with Crippen molar-refractivity contribution in [3.05, 3.63) is 0 Å². The van der Waals surface area contributed by atoms with Crippen LogP contribution in [-0.4, -0.2) is 54.9 Å². The van der Waals surface area contributed by atoms with E-state index in [1.54, 1.807) is 11.9 Å². The predicted octanol–water partition coefficient (Wildman–Crippen LogP) is 0.527. The molecule has 1 unspecified atom stereocenters. The molecule has 0 rings (SSSR count). The van der Waals surface area contributed by atoms with Crippen LogP contribution < -0.4 is 5.32 Å². The van der Waals surface area contributed by atoms with Gasteiger partial charge in [-0.15, -0.1) is 0 Å². The highest BCUT2D eigenvalue weighted by Gasteiger charge is 2.12. The Morgan fingerprint density at radius 3 is 2.62 bits per heavy atom. The van der Waals surface area contributed by atoms with Crippen LogP contribution in [-0.2, 0) is 9.53 Å². The van der Waals surface area contributed by atoms with Gasteiger partial charge in [-0.05, 0) is 13.3 Å². The quantitative estimate of drug-likeness (QED) is 0.627. The van der Waals surface area contributed by atoms with Crippen molar-refractivity contribution in [2.45, 2.75) is 26.3 Å². The SMILES string of the molecule is CCC(C)N(C)C(=O)NCCOCC(=O)O. The van der Waals surface area contributed by atoms with Crippen molar-refractivity contribution in [3.63, 3.8) is 0 Å². The van der Waals surface area contributed by atoms with Crippen LogP contribution in [0.25, 0.3) is 0 Å². The van der Waals surface area contributed by atoms with E-state index in [-0.39, 0.29) is 25.3 Å². The summed E-state index contributed by atoms with van der Waals surface area (Å²) in [7, 11) is 1.72. The number of hydrogen-bond donors (Lipinski definition) is 2. The average Bonchev–Trinajstić information content (AvgIpc) is 2.25. The minimum absolute atomic E-state index is 0.173. The second kappa shape index (κ2) is 7.92. The van der Waals surface area contributed by atoms with Gasteiger partial charge in [0.15, 0.2) is 0 Å². The first-order valence-electron chi connectivity index (χ1n) is 5.29. The molecule has 0 aliphatic carbocycles. The van der Waals surface area contributed by atoms with Crippen LogP contribution in [0.2, 0.25) is 0 Å². The molecule has 0 aromatic carbocycles. The lowest BCUT2D eigenvalue weighted by molar-refractivity contribution is -0.142. The van der Waals surface area contributed by atoms with E-state index < -0.39 is 5.97 Å². The zero-order valence-corrected chi connectivity index (χ0v) is 10.0. The third-order valence-corrected chi connectivity index (χ3v) is 2.32. The number of hydrogen-bond acceptors (Lipinski definition) is 3. The summed E-state index contributed by atoms with van der Waals surface area (Å²) in [5.41, 5.74) is 0. The molecule has 0 saturated heterocycles. The molecule has 0 aromatic rings. The Morgan fingerprint density at radius 2 is 2.12 bits per heavy atom. The molecule has 0 aromatic heterocycles. The molecular formula is C10H20N2O4. The van der Waals surface area contributed by atoms with Gasteiger partial charge in [0.2, 0.25) is 0 Å². The third-order valence-electron chi connectivity index (χ3n) is 2.32. The summed E-state index contributed by atoms with van der Waals surface area (Å²) in [4.78, 5) is 23.2. The first-order chi connectivity index (χ1) is 7.49. The van der Waals surface area contributed by atoms with E-state index in [9.17, 15) is 9.59 Å². The fourth-order valence-electron chi connectivity index (χ4n) is 0.988. The highest BCUT2D eigenvalue weighted by atomic mass is 16.5. The van der Waals surface area contributed by atoms with Gasteiger partial charge < -0.3 is 20.1 Å². The number of carbonyl (C=O) groups excluding carboxylic acids is 1. The Labute approximate surface area is 95.6 Å². The van der Waals surface area contributed by atoms with Crippen LogP contribution in [0.15, 0.2) is 0 Å². The predicted molar refractivity (Wildman–Crippen MR) is 59.4 cm³/mol. The van der Waals surface area contributed by atoms with Crippen LogP contribution in [0, 0.1) is 0 Å². The number of nitrogens with one attached hydrogen (secondary N) is 1. The van der Waals surface area contributed by atoms with Crippen LogP contribution in [0.1, 0.15) is 20.3 Å². The Balaban J connectivity index is 3.61. The van der Waals surface area contributed by atoms with Crippen molar-refractivity contribution < 1.29 is 19.4 Å². The van der Waals surface area contributed by atoms with Gasteiger partial charge in [0.05, 0.1) is 6.61 Å². The van der Waals surface area contributed by atoms with Crippen LogP contribution in [0.3, 0.4) is 0 Å². The van der Waals surface area contributed by atoms with Crippen molar-refractivity contribution in [2.24, 2.45) is 0 Å². The van der Waals surface area contributed by atoms with Crippen molar-refractivity contribution >= 4 is 12.0 Å². The van der Waals surface area contributed by atoms with Crippen molar-refractivity contribution in [2.75, 3.05) is 26.8 Å². The molecule has 16 heavy (non-hydrogen) atoms. The lowest BCUT2D eigenvalue weighted by Crippen LogP contribution is -2.43. The van der Waals surface area contributed by atoms with Gasteiger partial charge in [0.25, 0.3) is 0 Å². The zero-order chi connectivity index (χ0) is 12.6. The van der Waals surface area contributed by atoms with E-state index in [1.165, 1.54) is 0 Å². The summed E-state index contributed by atoms with van der Waals surface area (Å²) in [6.07, 6.45) is 0.888. The molecule has 0 aliphatic rings. The average molecular weight is 232 g/mol. The molecule has 2 N–H and O–H groups in total. The molecule has 0 aliphatic heterocycles. The Hall–Kier alpha value is -1.30. The maximum Gasteiger partial charge on any atom is 0.329 e. The normalized spacial score (nSPS) is 11.9. The van der Waals surface area contributed by atoms with Crippen LogP contribution in [0.4, 0.5) is 4.79 Å². The minimum atomic E-state index is -1.01. The van der Waals surface area contributed by atoms with Crippen molar-refractivity contribution in [1.29, 1.82) is 0 Å².